The van der Waals surface area contributed by atoms with Gasteiger partial charge in [0.25, 0.3) is 0 Å². The molecule has 1 atom stereocenters. The van der Waals surface area contributed by atoms with Crippen LogP contribution in [0.15, 0.2) is 78.1 Å². The highest BCUT2D eigenvalue weighted by molar-refractivity contribution is 7.77. The molecule has 0 saturated carbocycles. The molecule has 2 aromatic carbocycles. The van der Waals surface area contributed by atoms with Crippen molar-refractivity contribution in [3.05, 3.63) is 84.0 Å². The van der Waals surface area contributed by atoms with E-state index in [0.29, 0.717) is 0 Å². The van der Waals surface area contributed by atoms with Crippen molar-refractivity contribution >= 4 is 18.5 Å². The van der Waals surface area contributed by atoms with E-state index >= 15 is 0 Å². The van der Waals surface area contributed by atoms with Gasteiger partial charge in [-0.3, -0.25) is 0 Å². The van der Waals surface area contributed by atoms with Gasteiger partial charge in [-0.05, 0) is 48.8 Å². The Bertz CT molecular complexity index is 643. The fourth-order valence-electron chi connectivity index (χ4n) is 2.40. The maximum absolute atomic E-state index is 13.6. The Kier molecular flexibility index (Phi) is 4.08. The smallest absolute Gasteiger partial charge is 0.123 e. The van der Waals surface area contributed by atoms with Gasteiger partial charge in [0, 0.05) is 0 Å². The first kappa shape index (κ1) is 13.3. The van der Waals surface area contributed by atoms with Gasteiger partial charge < -0.3 is 0 Å². The Morgan fingerprint density at radius 2 is 1.65 bits per heavy atom. The molecule has 0 nitrogen and oxygen atoms in total. The lowest BCUT2D eigenvalue weighted by molar-refractivity contribution is 0.629. The summed E-state index contributed by atoms with van der Waals surface area (Å²) < 4.78 is 13.6. The van der Waals surface area contributed by atoms with Crippen LogP contribution in [0.4, 0.5) is 4.39 Å². The zero-order valence-corrected chi connectivity index (χ0v) is 12.1. The molecule has 1 unspecified atom stereocenters. The van der Waals surface area contributed by atoms with E-state index in [4.69, 9.17) is 0 Å². The first-order valence-electron chi connectivity index (χ1n) is 6.82. The highest BCUT2D eigenvalue weighted by atomic mass is 31.1. The van der Waals surface area contributed by atoms with E-state index in [0.717, 1.165) is 18.1 Å². The average Bonchev–Trinajstić information content (AvgIpc) is 2.50. The fourth-order valence-corrected chi connectivity index (χ4v) is 4.82. The third kappa shape index (κ3) is 2.89. The minimum atomic E-state index is -0.651. The van der Waals surface area contributed by atoms with Crippen LogP contribution in [0.3, 0.4) is 0 Å². The van der Waals surface area contributed by atoms with Gasteiger partial charge in [0.2, 0.25) is 0 Å². The standard InChI is InChI=1S/C18H16FP/c19-15-8-7-13-18(14-15)20(16-9-3-1-4-10-16)17-11-5-2-6-12-17/h1,3-5,7-14H,2,6H2. The Morgan fingerprint density at radius 3 is 2.35 bits per heavy atom. The minimum Gasteiger partial charge on any atom is -0.207 e. The van der Waals surface area contributed by atoms with Crippen molar-refractivity contribution < 1.29 is 4.39 Å². The van der Waals surface area contributed by atoms with Crippen LogP contribution in [0, 0.1) is 5.82 Å². The largest absolute Gasteiger partial charge is 0.207 e. The highest BCUT2D eigenvalue weighted by Gasteiger charge is 2.18. The minimum absolute atomic E-state index is 0.161. The third-order valence-corrected chi connectivity index (χ3v) is 5.77. The molecule has 0 aromatic heterocycles. The average molecular weight is 282 g/mol. The predicted octanol–water partition coefficient (Wildman–Crippen LogP) is 4.49. The predicted molar refractivity (Wildman–Crippen MR) is 85.5 cm³/mol. The zero-order valence-electron chi connectivity index (χ0n) is 11.2. The SMILES string of the molecule is Fc1cccc(P(C2=CCCC=C2)c2ccccc2)c1. The van der Waals surface area contributed by atoms with E-state index in [1.54, 1.807) is 12.1 Å². The maximum atomic E-state index is 13.6. The zero-order chi connectivity index (χ0) is 13.8. The molecule has 1 aliphatic carbocycles. The molecular weight excluding hydrogens is 266 g/mol. The van der Waals surface area contributed by atoms with Crippen LogP contribution in [-0.2, 0) is 0 Å². The van der Waals surface area contributed by atoms with Crippen LogP contribution < -0.4 is 10.6 Å². The number of halogens is 1. The van der Waals surface area contributed by atoms with Crippen molar-refractivity contribution in [2.75, 3.05) is 0 Å². The van der Waals surface area contributed by atoms with Gasteiger partial charge in [-0.1, -0.05) is 60.7 Å². The van der Waals surface area contributed by atoms with Gasteiger partial charge in [0.05, 0.1) is 0 Å². The van der Waals surface area contributed by atoms with E-state index in [1.165, 1.54) is 16.7 Å². The van der Waals surface area contributed by atoms with Crippen LogP contribution in [0.2, 0.25) is 0 Å². The number of hydrogen-bond donors (Lipinski definition) is 0. The van der Waals surface area contributed by atoms with Gasteiger partial charge in [0.1, 0.15) is 5.82 Å². The summed E-state index contributed by atoms with van der Waals surface area (Å²) >= 11 is 0. The second-order valence-electron chi connectivity index (χ2n) is 4.76. The number of benzene rings is 2. The molecule has 0 N–H and O–H groups in total. The molecule has 2 aromatic rings. The molecule has 2 heteroatoms. The number of allylic oxidation sites excluding steroid dienone is 4. The van der Waals surface area contributed by atoms with E-state index in [-0.39, 0.29) is 5.82 Å². The van der Waals surface area contributed by atoms with Gasteiger partial charge in [-0.25, -0.2) is 4.39 Å². The summed E-state index contributed by atoms with van der Waals surface area (Å²) in [5.74, 6) is -0.161. The van der Waals surface area contributed by atoms with Crippen molar-refractivity contribution in [1.82, 2.24) is 0 Å². The molecule has 0 saturated heterocycles. The molecule has 0 spiro atoms. The molecule has 0 bridgehead atoms. The van der Waals surface area contributed by atoms with Gasteiger partial charge in [-0.2, -0.15) is 0 Å². The van der Waals surface area contributed by atoms with Crippen molar-refractivity contribution in [1.29, 1.82) is 0 Å². The summed E-state index contributed by atoms with van der Waals surface area (Å²) in [6.07, 6.45) is 8.89. The van der Waals surface area contributed by atoms with E-state index in [1.807, 2.05) is 12.1 Å². The van der Waals surface area contributed by atoms with Crippen LogP contribution in [0.5, 0.6) is 0 Å². The van der Waals surface area contributed by atoms with Crippen LogP contribution in [-0.4, -0.2) is 0 Å². The lowest BCUT2D eigenvalue weighted by atomic mass is 10.2. The Hall–Kier alpha value is -1.72. The first-order chi connectivity index (χ1) is 9.84. The van der Waals surface area contributed by atoms with Crippen molar-refractivity contribution in [3.8, 4) is 0 Å². The van der Waals surface area contributed by atoms with Crippen LogP contribution in [0.25, 0.3) is 0 Å². The molecule has 0 heterocycles. The molecule has 0 amide bonds. The van der Waals surface area contributed by atoms with Crippen molar-refractivity contribution in [3.63, 3.8) is 0 Å². The normalized spacial score (nSPS) is 15.8. The maximum Gasteiger partial charge on any atom is 0.123 e. The Balaban J connectivity index is 2.08. The lowest BCUT2D eigenvalue weighted by Crippen LogP contribution is -2.13. The highest BCUT2D eigenvalue weighted by Crippen LogP contribution is 2.44. The quantitative estimate of drug-likeness (QED) is 0.727. The summed E-state index contributed by atoms with van der Waals surface area (Å²) in [4.78, 5) is 0. The number of rotatable bonds is 3. The van der Waals surface area contributed by atoms with Crippen LogP contribution in [0.1, 0.15) is 12.8 Å². The molecule has 1 aliphatic rings. The molecule has 100 valence electrons. The Labute approximate surface area is 120 Å². The summed E-state index contributed by atoms with van der Waals surface area (Å²) in [7, 11) is -0.651. The third-order valence-electron chi connectivity index (χ3n) is 3.31. The van der Waals surface area contributed by atoms with E-state index in [9.17, 15) is 4.39 Å². The van der Waals surface area contributed by atoms with Gasteiger partial charge >= 0.3 is 0 Å². The van der Waals surface area contributed by atoms with Gasteiger partial charge in [0.15, 0.2) is 0 Å². The van der Waals surface area contributed by atoms with Crippen LogP contribution >= 0.6 is 7.92 Å². The number of hydrogen-bond acceptors (Lipinski definition) is 0. The summed E-state index contributed by atoms with van der Waals surface area (Å²) in [6, 6.07) is 17.4. The summed E-state index contributed by atoms with van der Waals surface area (Å²) in [6.45, 7) is 0. The van der Waals surface area contributed by atoms with E-state index in [2.05, 4.69) is 42.5 Å². The molecule has 20 heavy (non-hydrogen) atoms. The van der Waals surface area contributed by atoms with Gasteiger partial charge in [-0.15, -0.1) is 0 Å². The summed E-state index contributed by atoms with van der Waals surface area (Å²) in [5.41, 5.74) is 0. The topological polar surface area (TPSA) is 0 Å². The molecule has 0 aliphatic heterocycles. The first-order valence-corrected chi connectivity index (χ1v) is 8.16. The monoisotopic (exact) mass is 282 g/mol. The summed E-state index contributed by atoms with van der Waals surface area (Å²) in [5, 5.41) is 3.66. The molecular formula is C18H16FP. The fraction of sp³-hybridized carbons (Fsp3) is 0.111. The van der Waals surface area contributed by atoms with Crippen molar-refractivity contribution in [2.24, 2.45) is 0 Å². The molecule has 3 rings (SSSR count). The molecule has 0 radical (unpaired) electrons. The molecule has 0 fully saturated rings. The van der Waals surface area contributed by atoms with Crippen molar-refractivity contribution in [2.45, 2.75) is 12.8 Å². The second kappa shape index (κ2) is 6.15. The second-order valence-corrected chi connectivity index (χ2v) is 6.98. The Morgan fingerprint density at radius 1 is 0.850 bits per heavy atom. The van der Waals surface area contributed by atoms with E-state index < -0.39 is 7.92 Å². The lowest BCUT2D eigenvalue weighted by Gasteiger charge is -2.21.